The number of nitrogen functional groups attached to an aromatic ring is 1. The lowest BCUT2D eigenvalue weighted by molar-refractivity contribution is 0.0940. The first kappa shape index (κ1) is 15.4. The molecule has 0 spiro atoms. The van der Waals surface area contributed by atoms with E-state index in [9.17, 15) is 4.79 Å². The van der Waals surface area contributed by atoms with Gasteiger partial charge in [0.15, 0.2) is 0 Å². The zero-order valence-electron chi connectivity index (χ0n) is 11.9. The van der Waals surface area contributed by atoms with E-state index in [0.29, 0.717) is 11.3 Å². The third-order valence-corrected chi connectivity index (χ3v) is 3.60. The summed E-state index contributed by atoms with van der Waals surface area (Å²) in [6, 6.07) is 12.6. The van der Waals surface area contributed by atoms with Gasteiger partial charge in [-0.3, -0.25) is 4.79 Å². The van der Waals surface area contributed by atoms with E-state index < -0.39 is 0 Å². The molecule has 1 atom stereocenters. The maximum atomic E-state index is 12.2. The van der Waals surface area contributed by atoms with Crippen molar-refractivity contribution in [1.29, 1.82) is 0 Å². The molecule has 110 valence electrons. The molecule has 5 heteroatoms. The zero-order chi connectivity index (χ0) is 15.4. The molecule has 0 saturated carbocycles. The molecule has 0 aliphatic heterocycles. The molecule has 4 nitrogen and oxygen atoms in total. The van der Waals surface area contributed by atoms with Crippen molar-refractivity contribution in [2.75, 3.05) is 12.8 Å². The fraction of sp³-hybridized carbons (Fsp3) is 0.188. The predicted octanol–water partition coefficient (Wildman–Crippen LogP) is 3.53. The minimum absolute atomic E-state index is 0.108. The molecule has 0 radical (unpaired) electrons. The van der Waals surface area contributed by atoms with Gasteiger partial charge in [-0.2, -0.15) is 0 Å². The summed E-state index contributed by atoms with van der Waals surface area (Å²) >= 11 is 3.33. The van der Waals surface area contributed by atoms with Gasteiger partial charge in [0.05, 0.1) is 13.2 Å². The Hall–Kier alpha value is -2.01. The lowest BCUT2D eigenvalue weighted by Crippen LogP contribution is -2.26. The van der Waals surface area contributed by atoms with Gasteiger partial charge >= 0.3 is 0 Å². The summed E-state index contributed by atoms with van der Waals surface area (Å²) in [5.74, 6) is 0.628. The average Bonchev–Trinajstić information content (AvgIpc) is 2.46. The predicted molar refractivity (Wildman–Crippen MR) is 87.4 cm³/mol. The van der Waals surface area contributed by atoms with Crippen LogP contribution >= 0.6 is 15.9 Å². The number of anilines is 1. The van der Waals surface area contributed by atoms with Gasteiger partial charge in [0.1, 0.15) is 5.75 Å². The summed E-state index contributed by atoms with van der Waals surface area (Å²) in [5, 5.41) is 2.95. The number of ether oxygens (including phenoxy) is 1. The van der Waals surface area contributed by atoms with Crippen molar-refractivity contribution >= 4 is 27.5 Å². The van der Waals surface area contributed by atoms with Gasteiger partial charge in [0, 0.05) is 15.7 Å². The van der Waals surface area contributed by atoms with E-state index >= 15 is 0 Å². The maximum Gasteiger partial charge on any atom is 0.251 e. The molecule has 0 aliphatic rings. The molecular formula is C16H17BrN2O2. The number of amides is 1. The second kappa shape index (κ2) is 6.63. The highest BCUT2D eigenvalue weighted by Crippen LogP contribution is 2.20. The van der Waals surface area contributed by atoms with Crippen molar-refractivity contribution in [1.82, 2.24) is 5.32 Å². The Bertz CT molecular complexity index is 621. The van der Waals surface area contributed by atoms with E-state index in [1.165, 1.54) is 0 Å². The zero-order valence-corrected chi connectivity index (χ0v) is 13.5. The number of rotatable bonds is 4. The molecule has 3 N–H and O–H groups in total. The fourth-order valence-electron chi connectivity index (χ4n) is 2.00. The molecular weight excluding hydrogens is 332 g/mol. The van der Waals surface area contributed by atoms with Crippen LogP contribution in [-0.4, -0.2) is 13.0 Å². The van der Waals surface area contributed by atoms with Crippen LogP contribution in [0.5, 0.6) is 5.75 Å². The van der Waals surface area contributed by atoms with E-state index in [0.717, 1.165) is 15.8 Å². The average molecular weight is 349 g/mol. The van der Waals surface area contributed by atoms with Crippen LogP contribution < -0.4 is 15.8 Å². The van der Waals surface area contributed by atoms with Crippen molar-refractivity contribution in [2.24, 2.45) is 0 Å². The van der Waals surface area contributed by atoms with Crippen molar-refractivity contribution in [3.8, 4) is 5.75 Å². The first-order chi connectivity index (χ1) is 9.99. The van der Waals surface area contributed by atoms with Crippen LogP contribution in [0.2, 0.25) is 0 Å². The highest BCUT2D eigenvalue weighted by Gasteiger charge is 2.12. The number of carbonyl (C=O) groups excluding carboxylic acids is 1. The Morgan fingerprint density at radius 2 is 1.90 bits per heavy atom. The van der Waals surface area contributed by atoms with Crippen LogP contribution in [-0.2, 0) is 0 Å². The topological polar surface area (TPSA) is 64.3 Å². The Kier molecular flexibility index (Phi) is 4.85. The normalized spacial score (nSPS) is 11.8. The third kappa shape index (κ3) is 3.98. The lowest BCUT2D eigenvalue weighted by atomic mass is 10.1. The SMILES string of the molecule is COc1ccc([C@@H](C)NC(=O)c2cc(N)cc(Br)c2)cc1. The first-order valence-corrected chi connectivity index (χ1v) is 7.30. The summed E-state index contributed by atoms with van der Waals surface area (Å²) < 4.78 is 5.90. The van der Waals surface area contributed by atoms with Gasteiger partial charge < -0.3 is 15.8 Å². The Morgan fingerprint density at radius 3 is 2.48 bits per heavy atom. The second-order valence-corrected chi connectivity index (χ2v) is 5.66. The fourth-order valence-corrected chi connectivity index (χ4v) is 2.51. The summed E-state index contributed by atoms with van der Waals surface area (Å²) in [6.45, 7) is 1.93. The highest BCUT2D eigenvalue weighted by atomic mass is 79.9. The standard InChI is InChI=1S/C16H17BrN2O2/c1-10(11-3-5-15(21-2)6-4-11)19-16(20)12-7-13(17)9-14(18)8-12/h3-10H,18H2,1-2H3,(H,19,20)/t10-/m1/s1. The van der Waals surface area contributed by atoms with Crippen LogP contribution in [0.4, 0.5) is 5.69 Å². The van der Waals surface area contributed by atoms with E-state index in [1.54, 1.807) is 25.3 Å². The molecule has 2 rings (SSSR count). The molecule has 2 aromatic carbocycles. The molecule has 0 aliphatic carbocycles. The number of benzene rings is 2. The van der Waals surface area contributed by atoms with Crippen LogP contribution in [0.25, 0.3) is 0 Å². The summed E-state index contributed by atoms with van der Waals surface area (Å²) in [7, 11) is 1.62. The number of hydrogen-bond donors (Lipinski definition) is 2. The Balaban J connectivity index is 2.10. The largest absolute Gasteiger partial charge is 0.497 e. The summed E-state index contributed by atoms with van der Waals surface area (Å²) in [5.41, 5.74) is 7.83. The van der Waals surface area contributed by atoms with E-state index in [1.807, 2.05) is 31.2 Å². The van der Waals surface area contributed by atoms with Gasteiger partial charge in [-0.1, -0.05) is 28.1 Å². The van der Waals surface area contributed by atoms with Crippen LogP contribution in [0.1, 0.15) is 28.9 Å². The number of carbonyl (C=O) groups is 1. The van der Waals surface area contributed by atoms with Crippen molar-refractivity contribution in [3.05, 3.63) is 58.1 Å². The van der Waals surface area contributed by atoms with E-state index in [2.05, 4.69) is 21.2 Å². The number of nitrogens with two attached hydrogens (primary N) is 1. The second-order valence-electron chi connectivity index (χ2n) is 4.74. The van der Waals surface area contributed by atoms with Crippen LogP contribution in [0, 0.1) is 0 Å². The molecule has 21 heavy (non-hydrogen) atoms. The third-order valence-electron chi connectivity index (χ3n) is 3.15. The number of halogens is 1. The molecule has 0 bridgehead atoms. The Labute approximate surface area is 132 Å². The van der Waals surface area contributed by atoms with Crippen molar-refractivity contribution in [3.63, 3.8) is 0 Å². The molecule has 2 aromatic rings. The number of hydrogen-bond acceptors (Lipinski definition) is 3. The van der Waals surface area contributed by atoms with Gasteiger partial charge in [0.25, 0.3) is 5.91 Å². The quantitative estimate of drug-likeness (QED) is 0.830. The van der Waals surface area contributed by atoms with Gasteiger partial charge in [-0.15, -0.1) is 0 Å². The van der Waals surface area contributed by atoms with E-state index in [-0.39, 0.29) is 11.9 Å². The van der Waals surface area contributed by atoms with Crippen LogP contribution in [0.15, 0.2) is 46.9 Å². The van der Waals surface area contributed by atoms with Crippen molar-refractivity contribution in [2.45, 2.75) is 13.0 Å². The number of methoxy groups -OCH3 is 1. The summed E-state index contributed by atoms with van der Waals surface area (Å²) in [6.07, 6.45) is 0. The highest BCUT2D eigenvalue weighted by molar-refractivity contribution is 9.10. The first-order valence-electron chi connectivity index (χ1n) is 6.50. The minimum atomic E-state index is -0.161. The van der Waals surface area contributed by atoms with Gasteiger partial charge in [-0.05, 0) is 42.8 Å². The lowest BCUT2D eigenvalue weighted by Gasteiger charge is -2.15. The molecule has 0 saturated heterocycles. The van der Waals surface area contributed by atoms with Gasteiger partial charge in [0.2, 0.25) is 0 Å². The summed E-state index contributed by atoms with van der Waals surface area (Å²) in [4.78, 5) is 12.2. The molecule has 0 unspecified atom stereocenters. The van der Waals surface area contributed by atoms with Crippen LogP contribution in [0.3, 0.4) is 0 Å². The van der Waals surface area contributed by atoms with Gasteiger partial charge in [-0.25, -0.2) is 0 Å². The molecule has 0 heterocycles. The number of nitrogens with one attached hydrogen (secondary N) is 1. The smallest absolute Gasteiger partial charge is 0.251 e. The maximum absolute atomic E-state index is 12.2. The minimum Gasteiger partial charge on any atom is -0.497 e. The van der Waals surface area contributed by atoms with E-state index in [4.69, 9.17) is 10.5 Å². The monoisotopic (exact) mass is 348 g/mol. The molecule has 0 aromatic heterocycles. The Morgan fingerprint density at radius 1 is 1.24 bits per heavy atom. The van der Waals surface area contributed by atoms with Crippen molar-refractivity contribution < 1.29 is 9.53 Å². The molecule has 1 amide bonds. The molecule has 0 fully saturated rings.